The molecule has 1 atom stereocenters. The van der Waals surface area contributed by atoms with Crippen LogP contribution < -0.4 is 0 Å². The third kappa shape index (κ3) is 5.38. The van der Waals surface area contributed by atoms with Crippen LogP contribution in [0, 0.1) is 13.8 Å². The third-order valence-corrected chi connectivity index (χ3v) is 5.74. The van der Waals surface area contributed by atoms with Gasteiger partial charge in [-0.3, -0.25) is 9.59 Å². The number of rotatable bonds is 6. The van der Waals surface area contributed by atoms with Gasteiger partial charge < -0.3 is 14.5 Å². The predicted octanol–water partition coefficient (Wildman–Crippen LogP) is 3.21. The summed E-state index contributed by atoms with van der Waals surface area (Å²) in [6.45, 7) is 10.6. The van der Waals surface area contributed by atoms with E-state index in [4.69, 9.17) is 4.74 Å². The Morgan fingerprint density at radius 1 is 1.03 bits per heavy atom. The maximum absolute atomic E-state index is 13.5. The minimum Gasteiger partial charge on any atom is -0.462 e. The highest BCUT2D eigenvalue weighted by atomic mass is 16.5. The molecule has 1 fully saturated rings. The fraction of sp³-hybridized carbons (Fsp3) is 0.480. The van der Waals surface area contributed by atoms with Crippen LogP contribution in [0.4, 0.5) is 0 Å². The first kappa shape index (κ1) is 24.4. The maximum atomic E-state index is 13.5. The van der Waals surface area contributed by atoms with E-state index in [0.717, 1.165) is 12.0 Å². The van der Waals surface area contributed by atoms with Crippen molar-refractivity contribution in [3.63, 3.8) is 0 Å². The summed E-state index contributed by atoms with van der Waals surface area (Å²) in [4.78, 5) is 51.4. The average Bonchev–Trinajstić information content (AvgIpc) is 2.78. The zero-order chi connectivity index (χ0) is 24.1. The van der Waals surface area contributed by atoms with Gasteiger partial charge in [-0.25, -0.2) is 14.8 Å². The van der Waals surface area contributed by atoms with Crippen LogP contribution in [-0.2, 0) is 11.2 Å². The quantitative estimate of drug-likeness (QED) is 0.625. The summed E-state index contributed by atoms with van der Waals surface area (Å²) in [5.74, 6) is -0.526. The molecule has 0 N–H and O–H groups in total. The van der Waals surface area contributed by atoms with Gasteiger partial charge in [-0.2, -0.15) is 0 Å². The van der Waals surface area contributed by atoms with Crippen molar-refractivity contribution in [2.75, 3.05) is 26.2 Å². The lowest BCUT2D eigenvalue weighted by atomic mass is 10.0. The Balaban J connectivity index is 1.84. The number of hydrogen-bond donors (Lipinski definition) is 0. The van der Waals surface area contributed by atoms with Gasteiger partial charge in [0.2, 0.25) is 0 Å². The summed E-state index contributed by atoms with van der Waals surface area (Å²) in [6.07, 6.45) is 1.32. The predicted molar refractivity (Wildman–Crippen MR) is 124 cm³/mol. The second-order valence-corrected chi connectivity index (χ2v) is 8.38. The van der Waals surface area contributed by atoms with Crippen LogP contribution in [0.25, 0.3) is 0 Å². The Labute approximate surface area is 195 Å². The Kier molecular flexibility index (Phi) is 7.79. The van der Waals surface area contributed by atoms with Gasteiger partial charge in [0.05, 0.1) is 12.3 Å². The number of carbonyl (C=O) groups is 3. The van der Waals surface area contributed by atoms with E-state index in [0.29, 0.717) is 43.1 Å². The monoisotopic (exact) mass is 452 g/mol. The molecule has 0 saturated carbocycles. The van der Waals surface area contributed by atoms with Gasteiger partial charge in [-0.05, 0) is 46.2 Å². The minimum atomic E-state index is -0.578. The normalized spacial score (nSPS) is 16.0. The van der Waals surface area contributed by atoms with E-state index in [1.807, 2.05) is 45.0 Å². The standard InChI is InChI=1S/C25H32N4O4/c1-6-8-20-21(25(32)33-7-2)22(27-18(5)26-20)24(31)28-13-14-29(17(4)15-28)23(30)19-11-9-16(3)10-12-19/h9-12,17H,6-8,13-15H2,1-5H3. The molecular formula is C25H32N4O4. The van der Waals surface area contributed by atoms with E-state index in [-0.39, 0.29) is 35.7 Å². The molecule has 2 aromatic rings. The number of hydrogen-bond acceptors (Lipinski definition) is 6. The van der Waals surface area contributed by atoms with Crippen LogP contribution in [0.5, 0.6) is 0 Å². The minimum absolute atomic E-state index is 0.0510. The molecule has 2 amide bonds. The summed E-state index contributed by atoms with van der Waals surface area (Å²) in [5.41, 5.74) is 2.49. The first-order valence-electron chi connectivity index (χ1n) is 11.5. The smallest absolute Gasteiger partial charge is 0.342 e. The third-order valence-electron chi connectivity index (χ3n) is 5.74. The van der Waals surface area contributed by atoms with Gasteiger partial charge in [0.1, 0.15) is 17.1 Å². The van der Waals surface area contributed by atoms with Crippen LogP contribution in [0.1, 0.15) is 75.5 Å². The fourth-order valence-electron chi connectivity index (χ4n) is 4.08. The summed E-state index contributed by atoms with van der Waals surface area (Å²) in [5, 5.41) is 0. The van der Waals surface area contributed by atoms with Crippen LogP contribution in [0.3, 0.4) is 0 Å². The lowest BCUT2D eigenvalue weighted by Crippen LogP contribution is -2.55. The molecule has 8 nitrogen and oxygen atoms in total. The van der Waals surface area contributed by atoms with Gasteiger partial charge in [0.15, 0.2) is 0 Å². The van der Waals surface area contributed by atoms with E-state index >= 15 is 0 Å². The van der Waals surface area contributed by atoms with E-state index in [1.54, 1.807) is 23.6 Å². The van der Waals surface area contributed by atoms with Crippen molar-refractivity contribution < 1.29 is 19.1 Å². The number of piperazine rings is 1. The molecule has 176 valence electrons. The lowest BCUT2D eigenvalue weighted by molar-refractivity contribution is 0.0405. The second kappa shape index (κ2) is 10.6. The number of esters is 1. The molecule has 33 heavy (non-hydrogen) atoms. The Morgan fingerprint density at radius 3 is 2.33 bits per heavy atom. The molecule has 0 spiro atoms. The number of ether oxygens (including phenoxy) is 1. The summed E-state index contributed by atoms with van der Waals surface area (Å²) < 4.78 is 5.22. The summed E-state index contributed by atoms with van der Waals surface area (Å²) >= 11 is 0. The van der Waals surface area contributed by atoms with Crippen LogP contribution >= 0.6 is 0 Å². The molecule has 1 aromatic carbocycles. The molecule has 8 heteroatoms. The Bertz CT molecular complexity index is 1040. The molecule has 1 aromatic heterocycles. The molecule has 1 aliphatic heterocycles. The number of carbonyl (C=O) groups excluding carboxylic acids is 3. The summed E-state index contributed by atoms with van der Waals surface area (Å²) in [6, 6.07) is 7.30. The van der Waals surface area contributed by atoms with Crippen LogP contribution in [-0.4, -0.2) is 69.8 Å². The highest BCUT2D eigenvalue weighted by Crippen LogP contribution is 2.21. The number of amides is 2. The van der Waals surface area contributed by atoms with Crippen LogP contribution in [0.15, 0.2) is 24.3 Å². The second-order valence-electron chi connectivity index (χ2n) is 8.38. The van der Waals surface area contributed by atoms with Gasteiger partial charge in [0, 0.05) is 31.2 Å². The van der Waals surface area contributed by atoms with Gasteiger partial charge in [-0.15, -0.1) is 0 Å². The number of nitrogens with zero attached hydrogens (tertiary/aromatic N) is 4. The zero-order valence-corrected chi connectivity index (χ0v) is 20.1. The first-order chi connectivity index (χ1) is 15.8. The van der Waals surface area contributed by atoms with E-state index in [9.17, 15) is 14.4 Å². The maximum Gasteiger partial charge on any atom is 0.342 e. The SMILES string of the molecule is CCCc1nc(C)nc(C(=O)N2CCN(C(=O)c3ccc(C)cc3)C(C)C2)c1C(=O)OCC. The van der Waals surface area contributed by atoms with E-state index < -0.39 is 5.97 Å². The molecule has 0 radical (unpaired) electrons. The Hall–Kier alpha value is -3.29. The number of aryl methyl sites for hydroxylation is 3. The molecule has 1 saturated heterocycles. The average molecular weight is 453 g/mol. The van der Waals surface area contributed by atoms with Gasteiger partial charge in [0.25, 0.3) is 11.8 Å². The van der Waals surface area contributed by atoms with Crippen molar-refractivity contribution in [3.05, 3.63) is 58.2 Å². The zero-order valence-electron chi connectivity index (χ0n) is 20.1. The lowest BCUT2D eigenvalue weighted by Gasteiger charge is -2.40. The van der Waals surface area contributed by atoms with E-state index in [2.05, 4.69) is 9.97 Å². The molecule has 0 bridgehead atoms. The van der Waals surface area contributed by atoms with Crippen LogP contribution in [0.2, 0.25) is 0 Å². The van der Waals surface area contributed by atoms with Crippen molar-refractivity contribution in [2.24, 2.45) is 0 Å². The topological polar surface area (TPSA) is 92.7 Å². The highest BCUT2D eigenvalue weighted by molar-refractivity contribution is 6.04. The van der Waals surface area contributed by atoms with Crippen molar-refractivity contribution in [1.29, 1.82) is 0 Å². The van der Waals surface area contributed by atoms with E-state index in [1.165, 1.54) is 0 Å². The number of aromatic nitrogens is 2. The molecule has 1 unspecified atom stereocenters. The van der Waals surface area contributed by atoms with Crippen molar-refractivity contribution in [3.8, 4) is 0 Å². The number of benzene rings is 1. The fourth-order valence-corrected chi connectivity index (χ4v) is 4.08. The molecule has 1 aliphatic rings. The van der Waals surface area contributed by atoms with Gasteiger partial charge >= 0.3 is 5.97 Å². The molecule has 3 rings (SSSR count). The molecular weight excluding hydrogens is 420 g/mol. The summed E-state index contributed by atoms with van der Waals surface area (Å²) in [7, 11) is 0. The molecule has 0 aliphatic carbocycles. The largest absolute Gasteiger partial charge is 0.462 e. The van der Waals surface area contributed by atoms with Crippen molar-refractivity contribution in [1.82, 2.24) is 19.8 Å². The molecule has 2 heterocycles. The van der Waals surface area contributed by atoms with Crippen molar-refractivity contribution >= 4 is 17.8 Å². The first-order valence-corrected chi connectivity index (χ1v) is 11.5. The van der Waals surface area contributed by atoms with Gasteiger partial charge in [-0.1, -0.05) is 31.0 Å². The Morgan fingerprint density at radius 2 is 1.73 bits per heavy atom. The highest BCUT2D eigenvalue weighted by Gasteiger charge is 2.34. The van der Waals surface area contributed by atoms with Crippen molar-refractivity contribution in [2.45, 2.75) is 53.5 Å².